The number of aromatic nitrogens is 1. The van der Waals surface area contributed by atoms with E-state index in [1.54, 1.807) is 18.3 Å². The third kappa shape index (κ3) is 3.14. The summed E-state index contributed by atoms with van der Waals surface area (Å²) in [6.07, 6.45) is 1.60. The lowest BCUT2D eigenvalue weighted by Crippen LogP contribution is -2.13. The number of aryl methyl sites for hydroxylation is 2. The lowest BCUT2D eigenvalue weighted by Gasteiger charge is -2.09. The highest BCUT2D eigenvalue weighted by Gasteiger charge is 2.12. The van der Waals surface area contributed by atoms with Gasteiger partial charge < -0.3 is 5.32 Å². The lowest BCUT2D eigenvalue weighted by atomic mass is 10.1. The van der Waals surface area contributed by atoms with Crippen molar-refractivity contribution in [2.75, 3.05) is 5.32 Å². The Morgan fingerprint density at radius 1 is 1.32 bits per heavy atom. The van der Waals surface area contributed by atoms with Crippen LogP contribution in [0.2, 0.25) is 5.02 Å². The number of rotatable bonds is 2. The van der Waals surface area contributed by atoms with Gasteiger partial charge in [-0.25, -0.2) is 4.98 Å². The van der Waals surface area contributed by atoms with Gasteiger partial charge in [0.1, 0.15) is 4.60 Å². The van der Waals surface area contributed by atoms with Gasteiger partial charge in [0, 0.05) is 0 Å². The Balaban J connectivity index is 2.26. The Bertz CT molecular complexity index is 643. The van der Waals surface area contributed by atoms with Gasteiger partial charge in [0.05, 0.1) is 22.5 Å². The Morgan fingerprint density at radius 2 is 2.05 bits per heavy atom. The molecule has 1 heterocycles. The molecule has 0 atom stereocenters. The van der Waals surface area contributed by atoms with Crippen LogP contribution in [0.25, 0.3) is 0 Å². The second-order valence-corrected chi connectivity index (χ2v) is 5.35. The normalized spacial score (nSPS) is 10.3. The van der Waals surface area contributed by atoms with E-state index in [4.69, 9.17) is 11.6 Å². The van der Waals surface area contributed by atoms with E-state index in [1.165, 1.54) is 0 Å². The van der Waals surface area contributed by atoms with Crippen molar-refractivity contribution in [1.82, 2.24) is 4.98 Å². The molecule has 0 aliphatic heterocycles. The first kappa shape index (κ1) is 14.0. The Hall–Kier alpha value is -1.39. The molecule has 1 aromatic carbocycles. The summed E-state index contributed by atoms with van der Waals surface area (Å²) in [5, 5.41) is 3.26. The summed E-state index contributed by atoms with van der Waals surface area (Å²) in [4.78, 5) is 16.3. The molecule has 2 rings (SSSR count). The van der Waals surface area contributed by atoms with Crippen LogP contribution in [-0.4, -0.2) is 10.9 Å². The molecule has 1 amide bonds. The van der Waals surface area contributed by atoms with Gasteiger partial charge in [-0.3, -0.25) is 4.79 Å². The average molecular weight is 340 g/mol. The predicted molar refractivity (Wildman–Crippen MR) is 80.8 cm³/mol. The molecular weight excluding hydrogens is 328 g/mol. The fourth-order valence-corrected chi connectivity index (χ4v) is 2.08. The van der Waals surface area contributed by atoms with E-state index in [0.29, 0.717) is 16.3 Å². The molecule has 0 saturated carbocycles. The molecule has 0 fully saturated rings. The van der Waals surface area contributed by atoms with Gasteiger partial charge in [-0.2, -0.15) is 0 Å². The van der Waals surface area contributed by atoms with Crippen molar-refractivity contribution >= 4 is 39.1 Å². The number of nitrogens with zero attached hydrogens (tertiary/aromatic N) is 1. The molecule has 2 aromatic rings. The molecule has 0 bridgehead atoms. The van der Waals surface area contributed by atoms with E-state index in [1.807, 2.05) is 26.0 Å². The van der Waals surface area contributed by atoms with Crippen molar-refractivity contribution in [2.45, 2.75) is 13.8 Å². The quantitative estimate of drug-likeness (QED) is 0.826. The molecule has 0 aliphatic rings. The molecule has 0 aliphatic carbocycles. The van der Waals surface area contributed by atoms with Crippen LogP contribution in [0.3, 0.4) is 0 Å². The zero-order chi connectivity index (χ0) is 14.0. The summed E-state index contributed by atoms with van der Waals surface area (Å²) < 4.78 is 0.763. The van der Waals surface area contributed by atoms with Crippen molar-refractivity contribution in [1.29, 1.82) is 0 Å². The van der Waals surface area contributed by atoms with Gasteiger partial charge >= 0.3 is 0 Å². The summed E-state index contributed by atoms with van der Waals surface area (Å²) in [7, 11) is 0. The minimum atomic E-state index is -0.239. The van der Waals surface area contributed by atoms with Crippen molar-refractivity contribution in [3.63, 3.8) is 0 Å². The zero-order valence-electron chi connectivity index (χ0n) is 10.5. The van der Waals surface area contributed by atoms with E-state index in [-0.39, 0.29) is 5.91 Å². The highest BCUT2D eigenvalue weighted by Crippen LogP contribution is 2.22. The first-order chi connectivity index (χ1) is 8.99. The summed E-state index contributed by atoms with van der Waals surface area (Å²) in [6.45, 7) is 3.77. The van der Waals surface area contributed by atoms with E-state index >= 15 is 0 Å². The maximum Gasteiger partial charge on any atom is 0.257 e. The van der Waals surface area contributed by atoms with Crippen molar-refractivity contribution in [2.24, 2.45) is 0 Å². The molecule has 19 heavy (non-hydrogen) atoms. The molecule has 0 saturated heterocycles. The first-order valence-corrected chi connectivity index (χ1v) is 6.84. The smallest absolute Gasteiger partial charge is 0.257 e. The second kappa shape index (κ2) is 5.72. The number of halogens is 2. The number of pyridine rings is 1. The summed E-state index contributed by atoms with van der Waals surface area (Å²) in [6, 6.07) is 7.22. The largest absolute Gasteiger partial charge is 0.321 e. The van der Waals surface area contributed by atoms with Gasteiger partial charge in [0.25, 0.3) is 5.91 Å². The van der Waals surface area contributed by atoms with Crippen molar-refractivity contribution < 1.29 is 4.79 Å². The van der Waals surface area contributed by atoms with Crippen LogP contribution in [0, 0.1) is 13.8 Å². The molecule has 0 spiro atoms. The summed E-state index contributed by atoms with van der Waals surface area (Å²) >= 11 is 9.44. The highest BCUT2D eigenvalue weighted by molar-refractivity contribution is 9.10. The maximum atomic E-state index is 12.1. The Kier molecular flexibility index (Phi) is 4.22. The van der Waals surface area contributed by atoms with Crippen LogP contribution in [0.4, 0.5) is 5.69 Å². The van der Waals surface area contributed by atoms with E-state index in [0.717, 1.165) is 15.7 Å². The standard InChI is InChI=1S/C14H12BrClN2O/c1-8-4-3-5-11(12(8)16)14(19)18-10-6-9(2)13(15)17-7-10/h3-7H,1-2H3,(H,18,19). The molecule has 5 heteroatoms. The minimum Gasteiger partial charge on any atom is -0.321 e. The van der Waals surface area contributed by atoms with Gasteiger partial charge in [0.15, 0.2) is 0 Å². The SMILES string of the molecule is Cc1cc(NC(=O)c2cccc(C)c2Cl)cnc1Br. The molecule has 0 radical (unpaired) electrons. The summed E-state index contributed by atoms with van der Waals surface area (Å²) in [5.74, 6) is -0.239. The number of carbonyl (C=O) groups is 1. The lowest BCUT2D eigenvalue weighted by molar-refractivity contribution is 0.102. The fraction of sp³-hybridized carbons (Fsp3) is 0.143. The molecule has 1 aromatic heterocycles. The molecule has 3 nitrogen and oxygen atoms in total. The fourth-order valence-electron chi connectivity index (χ4n) is 1.65. The van der Waals surface area contributed by atoms with Crippen LogP contribution < -0.4 is 5.32 Å². The van der Waals surface area contributed by atoms with Gasteiger partial charge in [-0.15, -0.1) is 0 Å². The second-order valence-electron chi connectivity index (χ2n) is 4.22. The minimum absolute atomic E-state index is 0.239. The number of carbonyl (C=O) groups excluding carboxylic acids is 1. The van der Waals surface area contributed by atoms with E-state index in [9.17, 15) is 4.79 Å². The molecule has 0 unspecified atom stereocenters. The van der Waals surface area contributed by atoms with Crippen molar-refractivity contribution in [3.05, 3.63) is 56.8 Å². The maximum absolute atomic E-state index is 12.1. The first-order valence-electron chi connectivity index (χ1n) is 5.67. The number of hydrogen-bond donors (Lipinski definition) is 1. The van der Waals surface area contributed by atoms with Gasteiger partial charge in [0.2, 0.25) is 0 Å². The number of amides is 1. The van der Waals surface area contributed by atoms with Crippen LogP contribution in [0.15, 0.2) is 35.1 Å². The van der Waals surface area contributed by atoms with Gasteiger partial charge in [-0.05, 0) is 53.0 Å². The topological polar surface area (TPSA) is 42.0 Å². The third-order valence-electron chi connectivity index (χ3n) is 2.71. The number of hydrogen-bond acceptors (Lipinski definition) is 2. The van der Waals surface area contributed by atoms with Gasteiger partial charge in [-0.1, -0.05) is 23.7 Å². The van der Waals surface area contributed by atoms with Crippen LogP contribution in [0.5, 0.6) is 0 Å². The van der Waals surface area contributed by atoms with Crippen molar-refractivity contribution in [3.8, 4) is 0 Å². The zero-order valence-corrected chi connectivity index (χ0v) is 12.8. The van der Waals surface area contributed by atoms with E-state index in [2.05, 4.69) is 26.2 Å². The number of benzene rings is 1. The highest BCUT2D eigenvalue weighted by atomic mass is 79.9. The monoisotopic (exact) mass is 338 g/mol. The van der Waals surface area contributed by atoms with E-state index < -0.39 is 0 Å². The Morgan fingerprint density at radius 3 is 2.74 bits per heavy atom. The van der Waals surface area contributed by atoms with Crippen LogP contribution >= 0.6 is 27.5 Å². The third-order valence-corrected chi connectivity index (χ3v) is 4.04. The molecular formula is C14H12BrClN2O. The number of nitrogens with one attached hydrogen (secondary N) is 1. The molecule has 98 valence electrons. The predicted octanol–water partition coefficient (Wildman–Crippen LogP) is 4.37. The van der Waals surface area contributed by atoms with Crippen LogP contribution in [0.1, 0.15) is 21.5 Å². The Labute approximate surface area is 125 Å². The summed E-state index contributed by atoms with van der Waals surface area (Å²) in [5.41, 5.74) is 2.93. The molecule has 1 N–H and O–H groups in total. The van der Waals surface area contributed by atoms with Crippen LogP contribution in [-0.2, 0) is 0 Å². The average Bonchev–Trinajstić information content (AvgIpc) is 2.37. The number of anilines is 1.